The lowest BCUT2D eigenvalue weighted by Crippen LogP contribution is -2.07. The molecule has 8 heavy (non-hydrogen) atoms. The highest BCUT2D eigenvalue weighted by atomic mass is 127. The highest BCUT2D eigenvalue weighted by molar-refractivity contribution is 14.1. The van der Waals surface area contributed by atoms with Crippen molar-refractivity contribution in [3.8, 4) is 0 Å². The second-order valence-electron chi connectivity index (χ2n) is 1.80. The highest BCUT2D eigenvalue weighted by Crippen LogP contribution is 1.90. The van der Waals surface area contributed by atoms with E-state index in [4.69, 9.17) is 0 Å². The molecular weight excluding hydrogens is 212 g/mol. The van der Waals surface area contributed by atoms with Gasteiger partial charge in [-0.2, -0.15) is 0 Å². The SMILES string of the molecule is Cc1c[nH]cc1BI. The first-order valence-electron chi connectivity index (χ1n) is 2.53. The zero-order chi connectivity index (χ0) is 5.98. The summed E-state index contributed by atoms with van der Waals surface area (Å²) in [7, 11) is 0. The number of hydrogen-bond donors (Lipinski definition) is 1. The molecule has 0 aromatic carbocycles. The molecule has 0 aliphatic carbocycles. The van der Waals surface area contributed by atoms with Crippen molar-refractivity contribution in [3.63, 3.8) is 0 Å². The van der Waals surface area contributed by atoms with Gasteiger partial charge in [0.25, 0.3) is 0 Å². The summed E-state index contributed by atoms with van der Waals surface area (Å²) < 4.78 is 0. The Morgan fingerprint density at radius 1 is 1.62 bits per heavy atom. The Balaban J connectivity index is 2.92. The Kier molecular flexibility index (Phi) is 1.99. The van der Waals surface area contributed by atoms with Gasteiger partial charge < -0.3 is 4.98 Å². The summed E-state index contributed by atoms with van der Waals surface area (Å²) in [6.07, 6.45) is 4.07. The second-order valence-corrected chi connectivity index (χ2v) is 2.56. The van der Waals surface area contributed by atoms with Crippen LogP contribution in [0.25, 0.3) is 0 Å². The average Bonchev–Trinajstić information content (AvgIpc) is 2.14. The summed E-state index contributed by atoms with van der Waals surface area (Å²) in [6.45, 7) is 2.12. The summed E-state index contributed by atoms with van der Waals surface area (Å²) in [6, 6.07) is 0. The number of aromatic amines is 1. The zero-order valence-corrected chi connectivity index (χ0v) is 6.90. The largest absolute Gasteiger partial charge is 0.368 e. The predicted octanol–water partition coefficient (Wildman–Crippen LogP) is 0.735. The molecule has 0 bridgehead atoms. The van der Waals surface area contributed by atoms with Crippen LogP contribution in [0.4, 0.5) is 0 Å². The van der Waals surface area contributed by atoms with Gasteiger partial charge in [0.2, 0.25) is 5.14 Å². The van der Waals surface area contributed by atoms with Gasteiger partial charge in [-0.25, -0.2) is 0 Å². The van der Waals surface area contributed by atoms with Crippen LogP contribution in [0.1, 0.15) is 5.56 Å². The monoisotopic (exact) mass is 219 g/mol. The molecule has 0 aliphatic rings. The van der Waals surface area contributed by atoms with E-state index in [0.717, 1.165) is 5.14 Å². The summed E-state index contributed by atoms with van der Waals surface area (Å²) in [4.78, 5) is 3.04. The Labute approximate surface area is 63.0 Å². The number of aromatic nitrogens is 1. The molecule has 0 fully saturated rings. The van der Waals surface area contributed by atoms with Crippen molar-refractivity contribution in [1.29, 1.82) is 0 Å². The van der Waals surface area contributed by atoms with E-state index in [-0.39, 0.29) is 0 Å². The lowest BCUT2D eigenvalue weighted by molar-refractivity contribution is 1.39. The summed E-state index contributed by atoms with van der Waals surface area (Å²) >= 11 is 2.36. The molecule has 0 aliphatic heterocycles. The lowest BCUT2D eigenvalue weighted by Gasteiger charge is -1.84. The van der Waals surface area contributed by atoms with E-state index < -0.39 is 0 Å². The maximum Gasteiger partial charge on any atom is 0.235 e. The van der Waals surface area contributed by atoms with Crippen molar-refractivity contribution in [3.05, 3.63) is 18.0 Å². The van der Waals surface area contributed by atoms with E-state index in [1.807, 2.05) is 12.4 Å². The van der Waals surface area contributed by atoms with Crippen LogP contribution in [0.15, 0.2) is 12.4 Å². The van der Waals surface area contributed by atoms with Crippen LogP contribution in [-0.4, -0.2) is 10.1 Å². The molecule has 1 rings (SSSR count). The van der Waals surface area contributed by atoms with Gasteiger partial charge in [-0.1, -0.05) is 5.46 Å². The van der Waals surface area contributed by atoms with Crippen LogP contribution in [0.5, 0.6) is 0 Å². The van der Waals surface area contributed by atoms with Gasteiger partial charge >= 0.3 is 0 Å². The van der Waals surface area contributed by atoms with Gasteiger partial charge in [0, 0.05) is 6.20 Å². The first-order valence-corrected chi connectivity index (χ1v) is 4.05. The van der Waals surface area contributed by atoms with Gasteiger partial charge in [0.15, 0.2) is 0 Å². The van der Waals surface area contributed by atoms with Crippen LogP contribution in [0.3, 0.4) is 0 Å². The van der Waals surface area contributed by atoms with Crippen molar-refractivity contribution in [2.75, 3.05) is 0 Å². The van der Waals surface area contributed by atoms with E-state index in [1.165, 1.54) is 11.0 Å². The molecule has 0 atom stereocenters. The molecule has 1 nitrogen and oxygen atoms in total. The third-order valence-corrected chi connectivity index (χ3v) is 2.03. The van der Waals surface area contributed by atoms with Crippen LogP contribution in [0.2, 0.25) is 0 Å². The molecule has 1 N–H and O–H groups in total. The highest BCUT2D eigenvalue weighted by Gasteiger charge is 1.94. The Morgan fingerprint density at radius 3 is 2.62 bits per heavy atom. The fourth-order valence-electron chi connectivity index (χ4n) is 0.618. The number of nitrogens with one attached hydrogen (secondary N) is 1. The first-order chi connectivity index (χ1) is 3.84. The fraction of sp³-hybridized carbons (Fsp3) is 0.200. The third-order valence-electron chi connectivity index (χ3n) is 1.21. The fourth-order valence-corrected chi connectivity index (χ4v) is 1.44. The Bertz CT molecular complexity index is 173. The topological polar surface area (TPSA) is 15.8 Å². The minimum Gasteiger partial charge on any atom is -0.368 e. The van der Waals surface area contributed by atoms with Crippen molar-refractivity contribution < 1.29 is 0 Å². The molecule has 0 saturated heterocycles. The first kappa shape index (κ1) is 6.20. The lowest BCUT2D eigenvalue weighted by atomic mass is 9.96. The van der Waals surface area contributed by atoms with E-state index in [9.17, 15) is 0 Å². The van der Waals surface area contributed by atoms with Crippen molar-refractivity contribution in [1.82, 2.24) is 4.98 Å². The second kappa shape index (κ2) is 2.57. The van der Waals surface area contributed by atoms with Gasteiger partial charge in [-0.05, 0) is 18.7 Å². The third kappa shape index (κ3) is 1.07. The number of H-pyrrole nitrogens is 1. The molecule has 0 unspecified atom stereocenters. The number of hydrogen-bond acceptors (Lipinski definition) is 0. The maximum atomic E-state index is 3.04. The smallest absolute Gasteiger partial charge is 0.235 e. The molecule has 0 spiro atoms. The normalized spacial score (nSPS) is 9.25. The number of aryl methyl sites for hydroxylation is 1. The molecule has 1 heterocycles. The van der Waals surface area contributed by atoms with Crippen molar-refractivity contribution in [2.45, 2.75) is 6.92 Å². The summed E-state index contributed by atoms with van der Waals surface area (Å²) in [5.74, 6) is 0. The zero-order valence-electron chi connectivity index (χ0n) is 4.74. The standard InChI is InChI=1S/C5H7BIN/c1-4-2-8-3-5(4)6-7/h2-3,6,8H,1H3. The van der Waals surface area contributed by atoms with Gasteiger partial charge in [0.1, 0.15) is 0 Å². The maximum absolute atomic E-state index is 3.04. The molecule has 42 valence electrons. The van der Waals surface area contributed by atoms with Crippen LogP contribution in [-0.2, 0) is 0 Å². The van der Waals surface area contributed by atoms with Crippen molar-refractivity contribution in [2.24, 2.45) is 0 Å². The number of halogens is 1. The number of rotatable bonds is 1. The molecule has 1 aromatic rings. The average molecular weight is 219 g/mol. The van der Waals surface area contributed by atoms with Gasteiger partial charge in [-0.15, -0.1) is 22.4 Å². The van der Waals surface area contributed by atoms with E-state index in [0.29, 0.717) is 0 Å². The van der Waals surface area contributed by atoms with Crippen LogP contribution < -0.4 is 5.46 Å². The summed E-state index contributed by atoms with van der Waals surface area (Å²) in [5, 5.41) is 1.10. The van der Waals surface area contributed by atoms with Crippen LogP contribution >= 0.6 is 22.4 Å². The molecule has 0 radical (unpaired) electrons. The summed E-state index contributed by atoms with van der Waals surface area (Å²) in [5.41, 5.74) is 2.77. The minimum atomic E-state index is 1.10. The van der Waals surface area contributed by atoms with E-state index in [2.05, 4.69) is 34.3 Å². The van der Waals surface area contributed by atoms with Gasteiger partial charge in [-0.3, -0.25) is 0 Å². The predicted molar refractivity (Wildman–Crippen MR) is 46.3 cm³/mol. The van der Waals surface area contributed by atoms with E-state index in [1.54, 1.807) is 0 Å². The van der Waals surface area contributed by atoms with Gasteiger partial charge in [0.05, 0.1) is 0 Å². The molecular formula is C5H7BIN. The molecule has 3 heteroatoms. The molecule has 1 aromatic heterocycles. The quantitative estimate of drug-likeness (QED) is 0.529. The minimum absolute atomic E-state index is 1.10. The Hall–Kier alpha value is 0.0749. The molecule has 0 amide bonds. The Morgan fingerprint density at radius 2 is 2.38 bits per heavy atom. The van der Waals surface area contributed by atoms with E-state index >= 15 is 0 Å². The molecule has 0 saturated carbocycles. The van der Waals surface area contributed by atoms with Crippen molar-refractivity contribution >= 4 is 33.0 Å². The van der Waals surface area contributed by atoms with Crippen LogP contribution in [0, 0.1) is 6.92 Å².